The topological polar surface area (TPSA) is 36.4 Å². The van der Waals surface area contributed by atoms with Crippen LogP contribution in [0.3, 0.4) is 0 Å². The average molecular weight is 271 g/mol. The van der Waals surface area contributed by atoms with Crippen molar-refractivity contribution >= 4 is 17.3 Å². The van der Waals surface area contributed by atoms with Gasteiger partial charge in [0.05, 0.1) is 6.67 Å². The predicted molar refractivity (Wildman–Crippen MR) is 77.3 cm³/mol. The fourth-order valence-electron chi connectivity index (χ4n) is 1.65. The van der Waals surface area contributed by atoms with Gasteiger partial charge in [-0.05, 0) is 32.4 Å². The summed E-state index contributed by atoms with van der Waals surface area (Å²) in [6.07, 6.45) is 1.49. The Morgan fingerprint density at radius 3 is 2.83 bits per heavy atom. The van der Waals surface area contributed by atoms with Crippen LogP contribution in [-0.4, -0.2) is 32.3 Å². The predicted octanol–water partition coefficient (Wildman–Crippen LogP) is 2.51. The fourth-order valence-corrected chi connectivity index (χ4v) is 2.67. The molecule has 2 N–H and O–H groups in total. The number of halogens is 1. The van der Waals surface area contributed by atoms with Crippen molar-refractivity contribution in [1.29, 1.82) is 0 Å². The Balaban J connectivity index is 2.35. The first-order valence-corrected chi connectivity index (χ1v) is 7.05. The number of guanidine groups is 1. The summed E-state index contributed by atoms with van der Waals surface area (Å²) in [5.41, 5.74) is 0. The highest BCUT2D eigenvalue weighted by molar-refractivity contribution is 7.11. The molecule has 0 fully saturated rings. The van der Waals surface area contributed by atoms with Crippen LogP contribution in [0.15, 0.2) is 17.1 Å². The highest BCUT2D eigenvalue weighted by atomic mass is 32.1. The molecule has 1 heterocycles. The molecule has 1 aromatic heterocycles. The minimum atomic E-state index is -0.298. The number of hydrogen-bond donors (Lipinski definition) is 2. The van der Waals surface area contributed by atoms with Gasteiger partial charge in [-0.1, -0.05) is 0 Å². The van der Waals surface area contributed by atoms with Gasteiger partial charge in [0.15, 0.2) is 5.96 Å². The lowest BCUT2D eigenvalue weighted by molar-refractivity contribution is 0.470. The standard InChI is InChI=1S/C13H22FN3S/c1-10(9-12-6-5-11(2)18-12)17-13(15-3)16-8-4-7-14/h5-6,10H,4,7-9H2,1-3H3,(H2,15,16,17). The molecule has 1 unspecified atom stereocenters. The molecule has 0 radical (unpaired) electrons. The van der Waals surface area contributed by atoms with Crippen molar-refractivity contribution in [2.24, 2.45) is 4.99 Å². The number of hydrogen-bond acceptors (Lipinski definition) is 2. The van der Waals surface area contributed by atoms with Gasteiger partial charge in [-0.15, -0.1) is 11.3 Å². The Hall–Kier alpha value is -1.10. The van der Waals surface area contributed by atoms with E-state index in [1.54, 1.807) is 7.05 Å². The average Bonchev–Trinajstić information content (AvgIpc) is 2.73. The molecule has 0 amide bonds. The quantitative estimate of drug-likeness (QED) is 0.474. The summed E-state index contributed by atoms with van der Waals surface area (Å²) in [6, 6.07) is 4.61. The number of nitrogens with zero attached hydrogens (tertiary/aromatic N) is 1. The molecule has 5 heteroatoms. The number of aliphatic imine (C=N–C) groups is 1. The SMILES string of the molecule is CN=C(NCCCF)NC(C)Cc1ccc(C)s1. The molecule has 0 spiro atoms. The second-order valence-corrected chi connectivity index (χ2v) is 5.68. The van der Waals surface area contributed by atoms with E-state index in [4.69, 9.17) is 0 Å². The molecule has 1 aromatic rings. The van der Waals surface area contributed by atoms with E-state index in [-0.39, 0.29) is 6.67 Å². The van der Waals surface area contributed by atoms with Crippen LogP contribution in [0.4, 0.5) is 4.39 Å². The second kappa shape index (κ2) is 8.08. The lowest BCUT2D eigenvalue weighted by Crippen LogP contribution is -2.43. The van der Waals surface area contributed by atoms with Crippen molar-refractivity contribution in [3.63, 3.8) is 0 Å². The largest absolute Gasteiger partial charge is 0.356 e. The molecule has 0 aliphatic carbocycles. The molecule has 0 saturated carbocycles. The Morgan fingerprint density at radius 2 is 2.28 bits per heavy atom. The van der Waals surface area contributed by atoms with Crippen molar-refractivity contribution in [1.82, 2.24) is 10.6 Å². The van der Waals surface area contributed by atoms with Crippen molar-refractivity contribution < 1.29 is 4.39 Å². The summed E-state index contributed by atoms with van der Waals surface area (Å²) in [5, 5.41) is 6.40. The highest BCUT2D eigenvalue weighted by Crippen LogP contribution is 2.16. The summed E-state index contributed by atoms with van der Waals surface area (Å²) in [7, 11) is 1.73. The van der Waals surface area contributed by atoms with Crippen molar-refractivity contribution in [2.75, 3.05) is 20.3 Å². The fraction of sp³-hybridized carbons (Fsp3) is 0.615. The molecule has 0 aromatic carbocycles. The zero-order valence-electron chi connectivity index (χ0n) is 11.3. The Labute approximate surface area is 113 Å². The lowest BCUT2D eigenvalue weighted by Gasteiger charge is -2.17. The van der Waals surface area contributed by atoms with E-state index >= 15 is 0 Å². The number of nitrogens with one attached hydrogen (secondary N) is 2. The van der Waals surface area contributed by atoms with Gasteiger partial charge in [0.25, 0.3) is 0 Å². The van der Waals surface area contributed by atoms with E-state index in [1.807, 2.05) is 11.3 Å². The Kier molecular flexibility index (Phi) is 6.72. The first kappa shape index (κ1) is 15.0. The molecule has 1 atom stereocenters. The summed E-state index contributed by atoms with van der Waals surface area (Å²) >= 11 is 1.82. The molecule has 1 rings (SSSR count). The molecule has 0 aliphatic rings. The van der Waals surface area contributed by atoms with Crippen LogP contribution in [0, 0.1) is 6.92 Å². The number of thiophene rings is 1. The molecule has 3 nitrogen and oxygen atoms in total. The maximum atomic E-state index is 12.0. The van der Waals surface area contributed by atoms with E-state index < -0.39 is 0 Å². The summed E-state index contributed by atoms with van der Waals surface area (Å²) < 4.78 is 12.0. The molecule has 18 heavy (non-hydrogen) atoms. The molecule has 0 aliphatic heterocycles. The monoisotopic (exact) mass is 271 g/mol. The van der Waals surface area contributed by atoms with Crippen LogP contribution >= 0.6 is 11.3 Å². The molecular formula is C13H22FN3S. The molecule has 0 bridgehead atoms. The molecule has 0 saturated heterocycles. The van der Waals surface area contributed by atoms with Crippen LogP contribution in [0.5, 0.6) is 0 Å². The van der Waals surface area contributed by atoms with Crippen LogP contribution in [0.25, 0.3) is 0 Å². The zero-order valence-corrected chi connectivity index (χ0v) is 12.1. The van der Waals surface area contributed by atoms with Crippen molar-refractivity contribution in [3.8, 4) is 0 Å². The minimum Gasteiger partial charge on any atom is -0.356 e. The summed E-state index contributed by atoms with van der Waals surface area (Å²) in [6.45, 7) is 4.55. The highest BCUT2D eigenvalue weighted by Gasteiger charge is 2.07. The van der Waals surface area contributed by atoms with Gasteiger partial charge in [0.2, 0.25) is 0 Å². The second-order valence-electron chi connectivity index (χ2n) is 4.30. The van der Waals surface area contributed by atoms with Gasteiger partial charge in [-0.3, -0.25) is 9.38 Å². The first-order chi connectivity index (χ1) is 8.65. The maximum absolute atomic E-state index is 12.0. The third-order valence-electron chi connectivity index (χ3n) is 2.51. The van der Waals surface area contributed by atoms with E-state index in [0.29, 0.717) is 19.0 Å². The third kappa shape index (κ3) is 5.49. The van der Waals surface area contributed by atoms with Crippen LogP contribution < -0.4 is 10.6 Å². The number of rotatable bonds is 6. The van der Waals surface area contributed by atoms with E-state index in [2.05, 4.69) is 41.6 Å². The van der Waals surface area contributed by atoms with Gasteiger partial charge in [0, 0.05) is 35.8 Å². The van der Waals surface area contributed by atoms with Gasteiger partial charge >= 0.3 is 0 Å². The van der Waals surface area contributed by atoms with Crippen LogP contribution in [0.1, 0.15) is 23.1 Å². The van der Waals surface area contributed by atoms with Crippen LogP contribution in [0.2, 0.25) is 0 Å². The Morgan fingerprint density at radius 1 is 1.50 bits per heavy atom. The van der Waals surface area contributed by atoms with E-state index in [0.717, 1.165) is 12.4 Å². The van der Waals surface area contributed by atoms with Gasteiger partial charge in [-0.2, -0.15) is 0 Å². The molecule has 102 valence electrons. The smallest absolute Gasteiger partial charge is 0.191 e. The van der Waals surface area contributed by atoms with Gasteiger partial charge in [0.1, 0.15) is 0 Å². The third-order valence-corrected chi connectivity index (χ3v) is 3.54. The van der Waals surface area contributed by atoms with Gasteiger partial charge < -0.3 is 10.6 Å². The molecular weight excluding hydrogens is 249 g/mol. The number of aryl methyl sites for hydroxylation is 1. The van der Waals surface area contributed by atoms with Crippen molar-refractivity contribution in [3.05, 3.63) is 21.9 Å². The summed E-state index contributed by atoms with van der Waals surface area (Å²) in [4.78, 5) is 6.83. The zero-order chi connectivity index (χ0) is 13.4. The van der Waals surface area contributed by atoms with E-state index in [1.165, 1.54) is 9.75 Å². The minimum absolute atomic E-state index is 0.298. The first-order valence-electron chi connectivity index (χ1n) is 6.24. The summed E-state index contributed by atoms with van der Waals surface area (Å²) in [5.74, 6) is 0.740. The Bertz CT molecular complexity index is 376. The van der Waals surface area contributed by atoms with Crippen LogP contribution in [-0.2, 0) is 6.42 Å². The van der Waals surface area contributed by atoms with Crippen molar-refractivity contribution in [2.45, 2.75) is 32.7 Å². The maximum Gasteiger partial charge on any atom is 0.191 e. The van der Waals surface area contributed by atoms with E-state index in [9.17, 15) is 4.39 Å². The van der Waals surface area contributed by atoms with Gasteiger partial charge in [-0.25, -0.2) is 0 Å². The normalized spacial score (nSPS) is 13.4. The number of alkyl halides is 1. The lowest BCUT2D eigenvalue weighted by atomic mass is 10.2.